The molecule has 2 fully saturated rings. The summed E-state index contributed by atoms with van der Waals surface area (Å²) in [7, 11) is 0. The molecule has 0 atom stereocenters. The van der Waals surface area contributed by atoms with Gasteiger partial charge in [0.25, 0.3) is 0 Å². The summed E-state index contributed by atoms with van der Waals surface area (Å²) in [5.74, 6) is 0. The van der Waals surface area contributed by atoms with Crippen LogP contribution in [-0.4, -0.2) is 34.5 Å². The first kappa shape index (κ1) is 12.3. The second-order valence-corrected chi connectivity index (χ2v) is 5.82. The molecule has 0 aromatic heterocycles. The standard InChI is InChI=1S/C13H25NO2/c15-12(6-3-1-2-4-7-12)10-14-11-13(16)8-5-9-13/h14-16H,1-11H2. The van der Waals surface area contributed by atoms with Gasteiger partial charge in [-0.05, 0) is 32.1 Å². The maximum absolute atomic E-state index is 10.4. The summed E-state index contributed by atoms with van der Waals surface area (Å²) in [6, 6.07) is 0. The minimum absolute atomic E-state index is 0.471. The Morgan fingerprint density at radius 3 is 1.50 bits per heavy atom. The van der Waals surface area contributed by atoms with Crippen LogP contribution in [0.25, 0.3) is 0 Å². The number of rotatable bonds is 4. The molecule has 3 heteroatoms. The van der Waals surface area contributed by atoms with Gasteiger partial charge in [-0.2, -0.15) is 0 Å². The monoisotopic (exact) mass is 227 g/mol. The van der Waals surface area contributed by atoms with E-state index in [9.17, 15) is 10.2 Å². The highest BCUT2D eigenvalue weighted by atomic mass is 16.3. The lowest BCUT2D eigenvalue weighted by Crippen LogP contribution is -2.50. The zero-order valence-electron chi connectivity index (χ0n) is 10.2. The fourth-order valence-electron chi connectivity index (χ4n) is 2.85. The van der Waals surface area contributed by atoms with E-state index in [1.165, 1.54) is 12.8 Å². The fraction of sp³-hybridized carbons (Fsp3) is 1.00. The van der Waals surface area contributed by atoms with Crippen molar-refractivity contribution in [1.82, 2.24) is 5.32 Å². The van der Waals surface area contributed by atoms with Crippen molar-refractivity contribution in [2.45, 2.75) is 69.0 Å². The first-order valence-corrected chi connectivity index (χ1v) is 6.78. The highest BCUT2D eigenvalue weighted by Gasteiger charge is 2.35. The molecular formula is C13H25NO2. The predicted octanol–water partition coefficient (Wildman–Crippen LogP) is 1.58. The molecule has 3 nitrogen and oxygen atoms in total. The van der Waals surface area contributed by atoms with Crippen molar-refractivity contribution in [3.8, 4) is 0 Å². The van der Waals surface area contributed by atoms with Gasteiger partial charge in [0.2, 0.25) is 0 Å². The van der Waals surface area contributed by atoms with E-state index in [2.05, 4.69) is 5.32 Å². The van der Waals surface area contributed by atoms with Crippen molar-refractivity contribution in [3.63, 3.8) is 0 Å². The Morgan fingerprint density at radius 1 is 0.688 bits per heavy atom. The molecule has 0 bridgehead atoms. The Hall–Kier alpha value is -0.120. The second-order valence-electron chi connectivity index (χ2n) is 5.82. The maximum atomic E-state index is 10.4. The molecule has 0 unspecified atom stereocenters. The molecule has 16 heavy (non-hydrogen) atoms. The lowest BCUT2D eigenvalue weighted by molar-refractivity contribution is -0.0391. The highest BCUT2D eigenvalue weighted by molar-refractivity contribution is 4.91. The molecule has 0 radical (unpaired) electrons. The number of hydrogen-bond acceptors (Lipinski definition) is 3. The molecule has 2 saturated carbocycles. The van der Waals surface area contributed by atoms with Crippen molar-refractivity contribution in [3.05, 3.63) is 0 Å². The van der Waals surface area contributed by atoms with Crippen LogP contribution in [-0.2, 0) is 0 Å². The summed E-state index contributed by atoms with van der Waals surface area (Å²) < 4.78 is 0. The Labute approximate surface area is 98.2 Å². The first-order chi connectivity index (χ1) is 7.62. The van der Waals surface area contributed by atoms with E-state index in [1.54, 1.807) is 0 Å². The van der Waals surface area contributed by atoms with Gasteiger partial charge in [0.1, 0.15) is 0 Å². The normalized spacial score (nSPS) is 28.1. The van der Waals surface area contributed by atoms with Crippen LogP contribution in [0.3, 0.4) is 0 Å². The van der Waals surface area contributed by atoms with Gasteiger partial charge >= 0.3 is 0 Å². The Morgan fingerprint density at radius 2 is 1.12 bits per heavy atom. The number of nitrogens with one attached hydrogen (secondary N) is 1. The minimum Gasteiger partial charge on any atom is -0.389 e. The van der Waals surface area contributed by atoms with Crippen molar-refractivity contribution in [1.29, 1.82) is 0 Å². The minimum atomic E-state index is -0.517. The lowest BCUT2D eigenvalue weighted by atomic mass is 9.80. The van der Waals surface area contributed by atoms with Crippen molar-refractivity contribution in [2.75, 3.05) is 13.1 Å². The summed E-state index contributed by atoms with van der Waals surface area (Å²) in [6.07, 6.45) is 9.60. The number of aliphatic hydroxyl groups is 2. The average Bonchev–Trinajstić information content (AvgIpc) is 2.41. The molecule has 0 aromatic carbocycles. The van der Waals surface area contributed by atoms with E-state index in [0.29, 0.717) is 13.1 Å². The van der Waals surface area contributed by atoms with E-state index < -0.39 is 11.2 Å². The van der Waals surface area contributed by atoms with Crippen LogP contribution in [0.5, 0.6) is 0 Å². The number of hydrogen-bond donors (Lipinski definition) is 3. The molecule has 2 rings (SSSR count). The van der Waals surface area contributed by atoms with Gasteiger partial charge in [-0.1, -0.05) is 25.7 Å². The third-order valence-corrected chi connectivity index (χ3v) is 4.23. The SMILES string of the molecule is OC1(CNCC2(O)CCC2)CCCCCC1. The van der Waals surface area contributed by atoms with E-state index >= 15 is 0 Å². The van der Waals surface area contributed by atoms with E-state index in [-0.39, 0.29) is 0 Å². The van der Waals surface area contributed by atoms with Crippen LogP contribution in [0.1, 0.15) is 57.8 Å². The smallest absolute Gasteiger partial charge is 0.0771 e. The molecule has 0 aliphatic heterocycles. The van der Waals surface area contributed by atoms with Crippen LogP contribution in [0.4, 0.5) is 0 Å². The third-order valence-electron chi connectivity index (χ3n) is 4.23. The van der Waals surface area contributed by atoms with E-state index in [1.807, 2.05) is 0 Å². The van der Waals surface area contributed by atoms with Crippen molar-refractivity contribution < 1.29 is 10.2 Å². The molecule has 0 aromatic rings. The predicted molar refractivity (Wildman–Crippen MR) is 64.3 cm³/mol. The second kappa shape index (κ2) is 5.03. The molecule has 2 aliphatic carbocycles. The van der Waals surface area contributed by atoms with Gasteiger partial charge in [-0.15, -0.1) is 0 Å². The van der Waals surface area contributed by atoms with E-state index in [4.69, 9.17) is 0 Å². The van der Waals surface area contributed by atoms with Gasteiger partial charge in [0.05, 0.1) is 11.2 Å². The van der Waals surface area contributed by atoms with Crippen molar-refractivity contribution >= 4 is 0 Å². The topological polar surface area (TPSA) is 52.5 Å². The zero-order valence-corrected chi connectivity index (χ0v) is 10.2. The molecule has 3 N–H and O–H groups in total. The molecule has 94 valence electrons. The maximum Gasteiger partial charge on any atom is 0.0771 e. The average molecular weight is 227 g/mol. The quantitative estimate of drug-likeness (QED) is 0.639. The Balaban J connectivity index is 1.70. The molecule has 0 heterocycles. The summed E-state index contributed by atoms with van der Waals surface area (Å²) in [6.45, 7) is 1.30. The summed E-state index contributed by atoms with van der Waals surface area (Å²) in [5, 5.41) is 23.6. The Bertz CT molecular complexity index is 218. The lowest BCUT2D eigenvalue weighted by Gasteiger charge is -2.38. The Kier molecular flexibility index (Phi) is 3.88. The summed E-state index contributed by atoms with van der Waals surface area (Å²) in [4.78, 5) is 0. The van der Waals surface area contributed by atoms with Gasteiger partial charge in [0, 0.05) is 13.1 Å². The molecule has 0 spiro atoms. The molecular weight excluding hydrogens is 202 g/mol. The summed E-state index contributed by atoms with van der Waals surface area (Å²) in [5.41, 5.74) is -0.988. The fourth-order valence-corrected chi connectivity index (χ4v) is 2.85. The molecule has 0 saturated heterocycles. The van der Waals surface area contributed by atoms with Crippen LogP contribution in [0.15, 0.2) is 0 Å². The highest BCUT2D eigenvalue weighted by Crippen LogP contribution is 2.31. The molecule has 0 amide bonds. The van der Waals surface area contributed by atoms with Crippen molar-refractivity contribution in [2.24, 2.45) is 0 Å². The summed E-state index contributed by atoms with van der Waals surface area (Å²) >= 11 is 0. The van der Waals surface area contributed by atoms with Gasteiger partial charge < -0.3 is 15.5 Å². The third kappa shape index (κ3) is 3.19. The van der Waals surface area contributed by atoms with Crippen LogP contribution < -0.4 is 5.32 Å². The first-order valence-electron chi connectivity index (χ1n) is 6.78. The largest absolute Gasteiger partial charge is 0.389 e. The van der Waals surface area contributed by atoms with E-state index in [0.717, 1.165) is 44.9 Å². The zero-order chi connectivity index (χ0) is 11.5. The van der Waals surface area contributed by atoms with Crippen LogP contribution in [0.2, 0.25) is 0 Å². The molecule has 2 aliphatic rings. The van der Waals surface area contributed by atoms with Crippen LogP contribution in [0, 0.1) is 0 Å². The van der Waals surface area contributed by atoms with Gasteiger partial charge in [-0.25, -0.2) is 0 Å². The van der Waals surface area contributed by atoms with Gasteiger partial charge in [-0.3, -0.25) is 0 Å². The van der Waals surface area contributed by atoms with Gasteiger partial charge in [0.15, 0.2) is 0 Å². The van der Waals surface area contributed by atoms with Crippen LogP contribution >= 0.6 is 0 Å².